The topological polar surface area (TPSA) is 90.0 Å². The van der Waals surface area contributed by atoms with Crippen LogP contribution < -0.4 is 5.32 Å². The summed E-state index contributed by atoms with van der Waals surface area (Å²) >= 11 is 3.55. The number of benzene rings is 1. The number of rotatable bonds is 6. The summed E-state index contributed by atoms with van der Waals surface area (Å²) < 4.78 is 4.49. The Hall–Kier alpha value is -3.07. The fourth-order valence-corrected chi connectivity index (χ4v) is 3.72. The van der Waals surface area contributed by atoms with E-state index in [0.717, 1.165) is 27.0 Å². The fraction of sp³-hybridized carbons (Fsp3) is 0.250. The van der Waals surface area contributed by atoms with E-state index < -0.39 is 0 Å². The van der Waals surface area contributed by atoms with E-state index in [0.29, 0.717) is 31.0 Å². The molecule has 0 spiro atoms. The van der Waals surface area contributed by atoms with E-state index in [1.165, 1.54) is 6.33 Å². The van der Waals surface area contributed by atoms with Crippen molar-refractivity contribution in [3.8, 4) is 0 Å². The molecule has 1 N–H and O–H groups in total. The zero-order chi connectivity index (χ0) is 20.4. The van der Waals surface area contributed by atoms with Crippen molar-refractivity contribution >= 4 is 33.4 Å². The smallest absolute Gasteiger partial charge is 0.252 e. The standard InChI is InChI=1S/C20H20BrN7O/c1-13-16(14(2)28-20(25-13)22-12-24-28)7-8-19(29)26-18-9-10-23-27(18)11-15-5-3-4-6-17(15)21/h3-6,9-10,12H,7-8,11H2,1-2H3,(H,26,29). The molecule has 0 aliphatic heterocycles. The monoisotopic (exact) mass is 453 g/mol. The van der Waals surface area contributed by atoms with Gasteiger partial charge in [-0.05, 0) is 37.5 Å². The lowest BCUT2D eigenvalue weighted by Crippen LogP contribution is -2.17. The second-order valence-corrected chi connectivity index (χ2v) is 7.60. The zero-order valence-corrected chi connectivity index (χ0v) is 17.7. The van der Waals surface area contributed by atoms with Crippen LogP contribution in [-0.4, -0.2) is 35.3 Å². The van der Waals surface area contributed by atoms with Crippen LogP contribution in [0.3, 0.4) is 0 Å². The predicted molar refractivity (Wildman–Crippen MR) is 113 cm³/mol. The lowest BCUT2D eigenvalue weighted by atomic mass is 10.1. The van der Waals surface area contributed by atoms with Gasteiger partial charge in [0.05, 0.1) is 12.7 Å². The molecule has 0 atom stereocenters. The van der Waals surface area contributed by atoms with Gasteiger partial charge in [0.25, 0.3) is 5.78 Å². The second-order valence-electron chi connectivity index (χ2n) is 6.75. The van der Waals surface area contributed by atoms with Gasteiger partial charge >= 0.3 is 0 Å². The molecule has 0 bridgehead atoms. The Bertz CT molecular complexity index is 1180. The zero-order valence-electron chi connectivity index (χ0n) is 16.1. The number of carbonyl (C=O) groups is 1. The summed E-state index contributed by atoms with van der Waals surface area (Å²) in [7, 11) is 0. The van der Waals surface area contributed by atoms with Crippen molar-refractivity contribution in [1.29, 1.82) is 0 Å². The molecule has 1 aromatic carbocycles. The Kier molecular flexibility index (Phi) is 5.39. The van der Waals surface area contributed by atoms with Crippen LogP contribution in [0, 0.1) is 13.8 Å². The molecule has 1 amide bonds. The van der Waals surface area contributed by atoms with Crippen molar-refractivity contribution in [2.24, 2.45) is 0 Å². The fourth-order valence-electron chi connectivity index (χ4n) is 3.31. The molecule has 29 heavy (non-hydrogen) atoms. The van der Waals surface area contributed by atoms with Gasteiger partial charge in [0.2, 0.25) is 5.91 Å². The molecule has 0 radical (unpaired) electrons. The molecule has 0 aliphatic carbocycles. The number of carbonyl (C=O) groups excluding carboxylic acids is 1. The minimum atomic E-state index is -0.0728. The molecule has 9 heteroatoms. The third-order valence-electron chi connectivity index (χ3n) is 4.85. The highest BCUT2D eigenvalue weighted by Crippen LogP contribution is 2.19. The van der Waals surface area contributed by atoms with Gasteiger partial charge in [-0.25, -0.2) is 14.2 Å². The Labute approximate surface area is 176 Å². The Morgan fingerprint density at radius 1 is 1.17 bits per heavy atom. The number of hydrogen-bond acceptors (Lipinski definition) is 5. The van der Waals surface area contributed by atoms with Gasteiger partial charge < -0.3 is 5.32 Å². The molecule has 3 aromatic heterocycles. The Morgan fingerprint density at radius 3 is 2.83 bits per heavy atom. The summed E-state index contributed by atoms with van der Waals surface area (Å²) in [5.74, 6) is 1.17. The first-order chi connectivity index (χ1) is 14.0. The van der Waals surface area contributed by atoms with E-state index in [1.807, 2.05) is 38.1 Å². The lowest BCUT2D eigenvalue weighted by Gasteiger charge is -2.12. The van der Waals surface area contributed by atoms with Gasteiger partial charge in [0.15, 0.2) is 0 Å². The Balaban J connectivity index is 1.44. The van der Waals surface area contributed by atoms with Crippen LogP contribution in [0.5, 0.6) is 0 Å². The molecule has 4 rings (SSSR count). The van der Waals surface area contributed by atoms with Crippen molar-refractivity contribution in [3.05, 3.63) is 69.8 Å². The molecule has 0 saturated carbocycles. The predicted octanol–water partition coefficient (Wildman–Crippen LogP) is 3.32. The minimum absolute atomic E-state index is 0.0728. The maximum absolute atomic E-state index is 12.6. The summed E-state index contributed by atoms with van der Waals surface area (Å²) in [6, 6.07) is 9.76. The Morgan fingerprint density at radius 2 is 2.00 bits per heavy atom. The molecule has 0 fully saturated rings. The minimum Gasteiger partial charge on any atom is -0.311 e. The first-order valence-electron chi connectivity index (χ1n) is 9.24. The average Bonchev–Trinajstić information content (AvgIpc) is 3.33. The summed E-state index contributed by atoms with van der Waals surface area (Å²) in [6.07, 6.45) is 4.08. The van der Waals surface area contributed by atoms with Crippen molar-refractivity contribution in [3.63, 3.8) is 0 Å². The number of nitrogens with one attached hydrogen (secondary N) is 1. The highest BCUT2D eigenvalue weighted by atomic mass is 79.9. The highest BCUT2D eigenvalue weighted by Gasteiger charge is 2.14. The molecular formula is C20H20BrN7O. The molecule has 3 heterocycles. The van der Waals surface area contributed by atoms with Gasteiger partial charge in [-0.3, -0.25) is 4.79 Å². The molecule has 4 aromatic rings. The largest absolute Gasteiger partial charge is 0.311 e. The number of aromatic nitrogens is 6. The SMILES string of the molecule is Cc1nc2ncnn2c(C)c1CCC(=O)Nc1ccnn1Cc1ccccc1Br. The third kappa shape index (κ3) is 4.04. The van der Waals surface area contributed by atoms with Gasteiger partial charge in [-0.15, -0.1) is 0 Å². The average molecular weight is 454 g/mol. The summed E-state index contributed by atoms with van der Waals surface area (Å²) in [5.41, 5.74) is 3.93. The third-order valence-corrected chi connectivity index (χ3v) is 5.63. The van der Waals surface area contributed by atoms with Crippen molar-refractivity contribution in [1.82, 2.24) is 29.4 Å². The van der Waals surface area contributed by atoms with Gasteiger partial charge in [-0.2, -0.15) is 15.2 Å². The van der Waals surface area contributed by atoms with Crippen LogP contribution >= 0.6 is 15.9 Å². The summed E-state index contributed by atoms with van der Waals surface area (Å²) in [6.45, 7) is 4.47. The van der Waals surface area contributed by atoms with Crippen LogP contribution in [0.15, 0.2) is 47.3 Å². The van der Waals surface area contributed by atoms with Crippen LogP contribution in [0.1, 0.15) is 28.9 Å². The number of hydrogen-bond donors (Lipinski definition) is 1. The van der Waals surface area contributed by atoms with Gasteiger partial charge in [0, 0.05) is 28.3 Å². The van der Waals surface area contributed by atoms with Crippen LogP contribution in [0.4, 0.5) is 5.82 Å². The number of fused-ring (bicyclic) bond motifs is 1. The summed E-state index contributed by atoms with van der Waals surface area (Å²) in [5, 5.41) is 11.5. The van der Waals surface area contributed by atoms with Gasteiger partial charge in [0.1, 0.15) is 12.1 Å². The van der Waals surface area contributed by atoms with Crippen molar-refractivity contribution < 1.29 is 4.79 Å². The molecule has 0 saturated heterocycles. The number of halogens is 1. The number of anilines is 1. The molecule has 0 aliphatic rings. The normalized spacial score (nSPS) is 11.1. The van der Waals surface area contributed by atoms with Crippen LogP contribution in [0.25, 0.3) is 5.78 Å². The van der Waals surface area contributed by atoms with Crippen LogP contribution in [-0.2, 0) is 17.8 Å². The van der Waals surface area contributed by atoms with E-state index in [1.54, 1.807) is 21.5 Å². The van der Waals surface area contributed by atoms with Gasteiger partial charge in [-0.1, -0.05) is 34.1 Å². The molecular weight excluding hydrogens is 434 g/mol. The van der Waals surface area contributed by atoms with E-state index in [-0.39, 0.29) is 5.91 Å². The number of nitrogens with zero attached hydrogens (tertiary/aromatic N) is 6. The highest BCUT2D eigenvalue weighted by molar-refractivity contribution is 9.10. The molecule has 8 nitrogen and oxygen atoms in total. The second kappa shape index (κ2) is 8.12. The van der Waals surface area contributed by atoms with E-state index in [9.17, 15) is 4.79 Å². The maximum Gasteiger partial charge on any atom is 0.252 e. The van der Waals surface area contributed by atoms with Crippen molar-refractivity contribution in [2.75, 3.05) is 5.32 Å². The van der Waals surface area contributed by atoms with Crippen LogP contribution in [0.2, 0.25) is 0 Å². The van der Waals surface area contributed by atoms with E-state index >= 15 is 0 Å². The number of aryl methyl sites for hydroxylation is 2. The quantitative estimate of drug-likeness (QED) is 0.483. The van der Waals surface area contributed by atoms with Crippen molar-refractivity contribution in [2.45, 2.75) is 33.2 Å². The molecule has 148 valence electrons. The lowest BCUT2D eigenvalue weighted by molar-refractivity contribution is -0.116. The number of amides is 1. The van der Waals surface area contributed by atoms with E-state index in [2.05, 4.69) is 41.4 Å². The molecule has 0 unspecified atom stereocenters. The van der Waals surface area contributed by atoms with E-state index in [4.69, 9.17) is 0 Å². The first kappa shape index (κ1) is 19.3. The maximum atomic E-state index is 12.6. The first-order valence-corrected chi connectivity index (χ1v) is 10.0. The summed E-state index contributed by atoms with van der Waals surface area (Å²) in [4.78, 5) is 21.2.